The molecule has 3 rings (SSSR count). The van der Waals surface area contributed by atoms with Crippen LogP contribution in [0.2, 0.25) is 0 Å². The topological polar surface area (TPSA) is 167 Å². The molecule has 170 valence electrons. The number of urea groups is 1. The van der Waals surface area contributed by atoms with Crippen LogP contribution in [-0.2, 0) is 24.3 Å². The van der Waals surface area contributed by atoms with Crippen molar-refractivity contribution in [3.05, 3.63) is 64.8 Å². The quantitative estimate of drug-likeness (QED) is 0.516. The SMILES string of the molecule is CCOC(=O)C1=C(COC(=O)c2ccc(S(N)(=O)=O)cc2)NC(=O)NC1c1ccc(C)o1. The van der Waals surface area contributed by atoms with Crippen molar-refractivity contribution >= 4 is 28.0 Å². The molecule has 12 heteroatoms. The van der Waals surface area contributed by atoms with E-state index in [1.807, 2.05) is 0 Å². The van der Waals surface area contributed by atoms with Gasteiger partial charge in [0.15, 0.2) is 0 Å². The predicted octanol–water partition coefficient (Wildman–Crippen LogP) is 1.26. The van der Waals surface area contributed by atoms with Gasteiger partial charge in [-0.05, 0) is 50.2 Å². The largest absolute Gasteiger partial charge is 0.464 e. The van der Waals surface area contributed by atoms with Gasteiger partial charge in [0.05, 0.1) is 28.3 Å². The number of sulfonamides is 1. The first-order valence-corrected chi connectivity index (χ1v) is 11.0. The number of carbonyl (C=O) groups is 3. The molecular formula is C20H21N3O8S. The van der Waals surface area contributed by atoms with Crippen LogP contribution < -0.4 is 15.8 Å². The van der Waals surface area contributed by atoms with Gasteiger partial charge in [-0.2, -0.15) is 0 Å². The van der Waals surface area contributed by atoms with Crippen LogP contribution in [0.4, 0.5) is 4.79 Å². The molecule has 2 amide bonds. The molecule has 4 N–H and O–H groups in total. The van der Waals surface area contributed by atoms with E-state index in [0.717, 1.165) is 12.1 Å². The molecule has 1 aromatic carbocycles. The van der Waals surface area contributed by atoms with E-state index < -0.39 is 40.6 Å². The molecule has 1 aliphatic heterocycles. The Balaban J connectivity index is 1.87. The molecule has 32 heavy (non-hydrogen) atoms. The zero-order chi connectivity index (χ0) is 23.5. The second-order valence-electron chi connectivity index (χ2n) is 6.74. The average molecular weight is 463 g/mol. The summed E-state index contributed by atoms with van der Waals surface area (Å²) < 4.78 is 38.6. The van der Waals surface area contributed by atoms with Gasteiger partial charge in [0.1, 0.15) is 24.2 Å². The smallest absolute Gasteiger partial charge is 0.338 e. The summed E-state index contributed by atoms with van der Waals surface area (Å²) in [6.07, 6.45) is 0. The van der Waals surface area contributed by atoms with Crippen LogP contribution in [0.25, 0.3) is 0 Å². The first kappa shape index (κ1) is 23.0. The Morgan fingerprint density at radius 2 is 1.78 bits per heavy atom. The molecule has 2 aromatic rings. The van der Waals surface area contributed by atoms with Crippen molar-refractivity contribution in [3.63, 3.8) is 0 Å². The Kier molecular flexibility index (Phi) is 6.65. The third kappa shape index (κ3) is 5.15. The zero-order valence-electron chi connectivity index (χ0n) is 17.2. The van der Waals surface area contributed by atoms with Gasteiger partial charge in [-0.25, -0.2) is 27.9 Å². The minimum absolute atomic E-state index is 0.0261. The number of hydrogen-bond acceptors (Lipinski definition) is 8. The molecule has 11 nitrogen and oxygen atoms in total. The fraction of sp³-hybridized carbons (Fsp3) is 0.250. The first-order valence-electron chi connectivity index (χ1n) is 9.44. The number of rotatable bonds is 7. The van der Waals surface area contributed by atoms with Crippen LogP contribution in [0.1, 0.15) is 34.8 Å². The number of hydrogen-bond donors (Lipinski definition) is 3. The van der Waals surface area contributed by atoms with Crippen molar-refractivity contribution in [2.24, 2.45) is 5.14 Å². The van der Waals surface area contributed by atoms with Crippen molar-refractivity contribution in [2.45, 2.75) is 24.8 Å². The number of aryl methyl sites for hydroxylation is 1. The Labute approximate surface area is 183 Å². The molecule has 0 saturated heterocycles. The summed E-state index contributed by atoms with van der Waals surface area (Å²) >= 11 is 0. The maximum Gasteiger partial charge on any atom is 0.338 e. The van der Waals surface area contributed by atoms with Gasteiger partial charge in [-0.3, -0.25) is 0 Å². The molecule has 1 unspecified atom stereocenters. The van der Waals surface area contributed by atoms with Crippen LogP contribution in [0.5, 0.6) is 0 Å². The first-order chi connectivity index (χ1) is 15.1. The highest BCUT2D eigenvalue weighted by Gasteiger charge is 2.36. The summed E-state index contributed by atoms with van der Waals surface area (Å²) in [7, 11) is -3.91. The van der Waals surface area contributed by atoms with E-state index in [2.05, 4.69) is 10.6 Å². The van der Waals surface area contributed by atoms with E-state index >= 15 is 0 Å². The molecule has 0 spiro atoms. The second kappa shape index (κ2) is 9.24. The highest BCUT2D eigenvalue weighted by Crippen LogP contribution is 2.29. The van der Waals surface area contributed by atoms with Crippen LogP contribution in [0.15, 0.2) is 57.0 Å². The third-order valence-electron chi connectivity index (χ3n) is 4.46. The Morgan fingerprint density at radius 1 is 1.09 bits per heavy atom. The van der Waals surface area contributed by atoms with E-state index in [0.29, 0.717) is 11.5 Å². The van der Waals surface area contributed by atoms with E-state index in [1.165, 1.54) is 12.1 Å². The summed E-state index contributed by atoms with van der Waals surface area (Å²) in [5, 5.41) is 10.1. The van der Waals surface area contributed by atoms with Crippen LogP contribution >= 0.6 is 0 Å². The molecule has 0 bridgehead atoms. The zero-order valence-corrected chi connectivity index (χ0v) is 18.0. The molecule has 1 atom stereocenters. The van der Waals surface area contributed by atoms with Crippen molar-refractivity contribution in [1.82, 2.24) is 10.6 Å². The number of primary sulfonamides is 1. The fourth-order valence-corrected chi connectivity index (χ4v) is 3.52. The summed E-state index contributed by atoms with van der Waals surface area (Å²) in [5.41, 5.74) is 0.105. The number of furan rings is 1. The van der Waals surface area contributed by atoms with Gasteiger partial charge in [0, 0.05) is 0 Å². The van der Waals surface area contributed by atoms with Crippen molar-refractivity contribution in [1.29, 1.82) is 0 Å². The molecule has 1 aromatic heterocycles. The number of benzene rings is 1. The maximum absolute atomic E-state index is 12.6. The van der Waals surface area contributed by atoms with Crippen molar-refractivity contribution in [3.8, 4) is 0 Å². The summed E-state index contributed by atoms with van der Waals surface area (Å²) in [4.78, 5) is 37.0. The van der Waals surface area contributed by atoms with Gasteiger partial charge in [-0.1, -0.05) is 0 Å². The number of carbonyl (C=O) groups excluding carboxylic acids is 3. The normalized spacial score (nSPS) is 16.2. The highest BCUT2D eigenvalue weighted by molar-refractivity contribution is 7.89. The molecule has 0 radical (unpaired) electrons. The molecule has 2 heterocycles. The number of nitrogens with one attached hydrogen (secondary N) is 2. The van der Waals surface area contributed by atoms with Gasteiger partial charge in [0.25, 0.3) is 0 Å². The molecular weight excluding hydrogens is 442 g/mol. The number of esters is 2. The van der Waals surface area contributed by atoms with Gasteiger partial charge < -0.3 is 24.5 Å². The summed E-state index contributed by atoms with van der Waals surface area (Å²) in [6.45, 7) is 2.98. The third-order valence-corrected chi connectivity index (χ3v) is 5.39. The molecule has 1 aliphatic rings. The van der Waals surface area contributed by atoms with E-state index in [9.17, 15) is 22.8 Å². The van der Waals surface area contributed by atoms with Crippen LogP contribution in [-0.4, -0.2) is 39.6 Å². The Hall–Kier alpha value is -3.64. The summed E-state index contributed by atoms with van der Waals surface area (Å²) in [6, 6.07) is 6.52. The Bertz CT molecular complexity index is 1180. The standard InChI is InChI=1S/C20H21N3O8S/c1-3-29-19(25)16-14(22-20(26)23-17(16)15-9-4-11(2)31-15)10-30-18(24)12-5-7-13(8-6-12)32(21,27)28/h4-9,17H,3,10H2,1-2H3,(H2,21,27,28)(H2,22,23,26). The maximum atomic E-state index is 12.6. The van der Waals surface area contributed by atoms with Crippen molar-refractivity contribution < 1.29 is 36.7 Å². The average Bonchev–Trinajstić information content (AvgIpc) is 3.17. The lowest BCUT2D eigenvalue weighted by atomic mass is 10.0. The lowest BCUT2D eigenvalue weighted by Crippen LogP contribution is -2.47. The number of nitrogens with two attached hydrogens (primary N) is 1. The van der Waals surface area contributed by atoms with Gasteiger partial charge >= 0.3 is 18.0 Å². The van der Waals surface area contributed by atoms with Gasteiger partial charge in [0.2, 0.25) is 10.0 Å². The minimum atomic E-state index is -3.91. The Morgan fingerprint density at radius 3 is 2.34 bits per heavy atom. The molecule has 0 aliphatic carbocycles. The summed E-state index contributed by atoms with van der Waals surface area (Å²) in [5.74, 6) is -0.641. The minimum Gasteiger partial charge on any atom is -0.464 e. The predicted molar refractivity (Wildman–Crippen MR) is 110 cm³/mol. The van der Waals surface area contributed by atoms with Crippen LogP contribution in [0.3, 0.4) is 0 Å². The highest BCUT2D eigenvalue weighted by atomic mass is 32.2. The van der Waals surface area contributed by atoms with E-state index in [4.69, 9.17) is 19.0 Å². The monoisotopic (exact) mass is 463 g/mol. The van der Waals surface area contributed by atoms with Crippen LogP contribution in [0, 0.1) is 6.92 Å². The number of ether oxygens (including phenoxy) is 2. The van der Waals surface area contributed by atoms with Crippen molar-refractivity contribution in [2.75, 3.05) is 13.2 Å². The molecule has 0 saturated carbocycles. The number of amides is 2. The van der Waals surface area contributed by atoms with E-state index in [1.54, 1.807) is 26.0 Å². The van der Waals surface area contributed by atoms with E-state index in [-0.39, 0.29) is 28.3 Å². The van der Waals surface area contributed by atoms with Gasteiger partial charge in [-0.15, -0.1) is 0 Å². The lowest BCUT2D eigenvalue weighted by Gasteiger charge is -2.27. The lowest BCUT2D eigenvalue weighted by molar-refractivity contribution is -0.139. The molecule has 0 fully saturated rings. The fourth-order valence-electron chi connectivity index (χ4n) is 3.01. The second-order valence-corrected chi connectivity index (χ2v) is 8.30.